The molecule has 1 aliphatic rings. The average molecular weight is 438 g/mol. The van der Waals surface area contributed by atoms with E-state index in [0.29, 0.717) is 5.52 Å². The summed E-state index contributed by atoms with van der Waals surface area (Å²) < 4.78 is 57.7. The van der Waals surface area contributed by atoms with Crippen molar-refractivity contribution >= 4 is 10.9 Å². The van der Waals surface area contributed by atoms with Crippen LogP contribution in [0.3, 0.4) is 0 Å². The van der Waals surface area contributed by atoms with Crippen LogP contribution in [0.4, 0.5) is 22.0 Å². The minimum atomic E-state index is -4.00. The van der Waals surface area contributed by atoms with Crippen LogP contribution in [0.15, 0.2) is 54.7 Å². The van der Waals surface area contributed by atoms with Crippen LogP contribution in [0.2, 0.25) is 0 Å². The van der Waals surface area contributed by atoms with Crippen LogP contribution in [0.25, 0.3) is 22.2 Å². The van der Waals surface area contributed by atoms with Gasteiger partial charge in [-0.3, -0.25) is 0 Å². The molecule has 0 saturated heterocycles. The van der Waals surface area contributed by atoms with Crippen molar-refractivity contribution in [3.63, 3.8) is 0 Å². The summed E-state index contributed by atoms with van der Waals surface area (Å²) >= 11 is 0. The smallest absolute Gasteiger partial charge is 0.386 e. The van der Waals surface area contributed by atoms with Crippen LogP contribution in [-0.4, -0.2) is 18.2 Å². The number of alkyl halides is 3. The summed E-state index contributed by atoms with van der Waals surface area (Å²) in [5, 5.41) is 3.90. The first-order valence-electron chi connectivity index (χ1n) is 9.96. The third-order valence-corrected chi connectivity index (χ3v) is 4.90. The second kappa shape index (κ2) is 10.5. The number of nitrogens with one attached hydrogen (secondary N) is 2. The van der Waals surface area contributed by atoms with Crippen molar-refractivity contribution in [3.05, 3.63) is 71.9 Å². The fourth-order valence-electron chi connectivity index (χ4n) is 3.09. The lowest BCUT2D eigenvalue weighted by Gasteiger charge is -2.26. The largest absolute Gasteiger partial charge is 0.392 e. The first kappa shape index (κ1) is 24.4. The second-order valence-electron chi connectivity index (χ2n) is 7.59. The Morgan fingerprint density at radius 3 is 2.10 bits per heavy atom. The van der Waals surface area contributed by atoms with Crippen LogP contribution in [0.1, 0.15) is 31.7 Å². The molecule has 0 bridgehead atoms. The number of aromatic nitrogens is 1. The van der Waals surface area contributed by atoms with E-state index in [0.717, 1.165) is 28.1 Å². The number of halogens is 5. The maximum Gasteiger partial charge on any atom is 0.386 e. The van der Waals surface area contributed by atoms with Crippen LogP contribution in [0.5, 0.6) is 0 Å². The summed E-state index contributed by atoms with van der Waals surface area (Å²) in [6.07, 6.45) is 0.0880. The predicted octanol–water partition coefficient (Wildman–Crippen LogP) is 7.51. The van der Waals surface area contributed by atoms with Gasteiger partial charge in [-0.1, -0.05) is 13.0 Å². The number of benzene rings is 2. The van der Waals surface area contributed by atoms with E-state index < -0.39 is 6.18 Å². The molecule has 7 heteroatoms. The molecule has 1 fully saturated rings. The fraction of sp³-hybridized carbons (Fsp3) is 0.333. The highest BCUT2D eigenvalue weighted by Gasteiger charge is 2.18. The lowest BCUT2D eigenvalue weighted by molar-refractivity contribution is -0.110. The molecule has 0 aliphatic heterocycles. The zero-order valence-electron chi connectivity index (χ0n) is 17.8. The quantitative estimate of drug-likeness (QED) is 0.407. The molecule has 0 radical (unpaired) electrons. The number of hydrogen-bond acceptors (Lipinski definition) is 1. The summed E-state index contributed by atoms with van der Waals surface area (Å²) in [5.74, 6) is 0.246. The highest BCUT2D eigenvalue weighted by atomic mass is 19.4. The summed E-state index contributed by atoms with van der Waals surface area (Å²) in [5.41, 5.74) is 4.21. The van der Waals surface area contributed by atoms with Crippen molar-refractivity contribution in [2.24, 2.45) is 5.92 Å². The van der Waals surface area contributed by atoms with Crippen molar-refractivity contribution in [1.82, 2.24) is 10.3 Å². The van der Waals surface area contributed by atoms with E-state index in [2.05, 4.69) is 16.9 Å². The van der Waals surface area contributed by atoms with Gasteiger partial charge in [0, 0.05) is 30.7 Å². The maximum absolute atomic E-state index is 13.7. The Kier molecular flexibility index (Phi) is 8.25. The Hall–Kier alpha value is -2.83. The molecule has 3 aromatic rings. The molecule has 1 heterocycles. The van der Waals surface area contributed by atoms with Gasteiger partial charge < -0.3 is 10.3 Å². The molecular weight excluding hydrogens is 411 g/mol. The molecule has 0 spiro atoms. The Morgan fingerprint density at radius 1 is 1.06 bits per heavy atom. The van der Waals surface area contributed by atoms with E-state index in [4.69, 9.17) is 0 Å². The van der Waals surface area contributed by atoms with Crippen molar-refractivity contribution < 1.29 is 22.0 Å². The molecule has 2 aromatic carbocycles. The van der Waals surface area contributed by atoms with E-state index >= 15 is 0 Å². The molecule has 1 saturated carbocycles. The fourth-order valence-corrected chi connectivity index (χ4v) is 3.09. The zero-order valence-corrected chi connectivity index (χ0v) is 17.8. The molecule has 2 nitrogen and oxygen atoms in total. The van der Waals surface area contributed by atoms with Crippen molar-refractivity contribution in [3.8, 4) is 11.3 Å². The van der Waals surface area contributed by atoms with Crippen molar-refractivity contribution in [2.75, 3.05) is 7.05 Å². The third-order valence-electron chi connectivity index (χ3n) is 4.90. The summed E-state index contributed by atoms with van der Waals surface area (Å²) in [4.78, 5) is 3.03. The Bertz CT molecular complexity index is 993. The van der Waals surface area contributed by atoms with Crippen molar-refractivity contribution in [1.29, 1.82) is 0 Å². The summed E-state index contributed by atoms with van der Waals surface area (Å²) in [6.45, 7) is 5.93. The zero-order chi connectivity index (χ0) is 23.2. The lowest BCUT2D eigenvalue weighted by Crippen LogP contribution is -2.20. The second-order valence-corrected chi connectivity index (χ2v) is 7.59. The normalized spacial score (nSPS) is 13.4. The van der Waals surface area contributed by atoms with Crippen LogP contribution in [0, 0.1) is 24.5 Å². The minimum absolute atomic E-state index is 0.188. The number of aromatic amines is 1. The summed E-state index contributed by atoms with van der Waals surface area (Å²) in [7, 11) is 1.95. The topological polar surface area (TPSA) is 27.8 Å². The molecule has 1 aliphatic carbocycles. The lowest BCUT2D eigenvalue weighted by atomic mass is 9.83. The SMILES string of the molecule is C=C(NC)C1CCC1.CC(F)(F)F.Cc1cc(F)c2[nH]c(-c3ccc(F)cc3)cc2c1. The maximum atomic E-state index is 13.7. The molecule has 1 aromatic heterocycles. The summed E-state index contributed by atoms with van der Waals surface area (Å²) in [6, 6.07) is 11.4. The first-order valence-corrected chi connectivity index (χ1v) is 9.96. The van der Waals surface area contributed by atoms with Gasteiger partial charge >= 0.3 is 6.18 Å². The molecule has 2 N–H and O–H groups in total. The number of H-pyrrole nitrogens is 1. The molecular formula is C24H27F5N2. The molecule has 0 unspecified atom stereocenters. The highest BCUT2D eigenvalue weighted by molar-refractivity contribution is 5.86. The van der Waals surface area contributed by atoms with Gasteiger partial charge in [0.25, 0.3) is 0 Å². The van der Waals surface area contributed by atoms with Crippen LogP contribution in [-0.2, 0) is 0 Å². The van der Waals surface area contributed by atoms with Gasteiger partial charge in [-0.05, 0) is 79.3 Å². The monoisotopic (exact) mass is 438 g/mol. The van der Waals surface area contributed by atoms with Gasteiger partial charge in [0.05, 0.1) is 5.52 Å². The number of fused-ring (bicyclic) bond motifs is 1. The molecule has 4 rings (SSSR count). The molecule has 0 atom stereocenters. The van der Waals surface area contributed by atoms with Crippen molar-refractivity contribution in [2.45, 2.75) is 39.3 Å². The van der Waals surface area contributed by atoms with Gasteiger partial charge in [-0.2, -0.15) is 13.2 Å². The van der Waals surface area contributed by atoms with E-state index in [1.165, 1.54) is 43.2 Å². The molecule has 31 heavy (non-hydrogen) atoms. The number of rotatable bonds is 3. The van der Waals surface area contributed by atoms with Gasteiger partial charge in [0.15, 0.2) is 0 Å². The van der Waals surface area contributed by atoms with Crippen LogP contribution < -0.4 is 5.32 Å². The molecule has 0 amide bonds. The number of hydrogen-bond donors (Lipinski definition) is 2. The first-order chi connectivity index (χ1) is 14.5. The Labute approximate surface area is 179 Å². The van der Waals surface area contributed by atoms with E-state index in [9.17, 15) is 22.0 Å². The van der Waals surface area contributed by atoms with Gasteiger partial charge in [0.1, 0.15) is 11.6 Å². The van der Waals surface area contributed by atoms with Gasteiger partial charge in [-0.15, -0.1) is 0 Å². The number of aryl methyl sites for hydroxylation is 1. The van der Waals surface area contributed by atoms with Gasteiger partial charge in [0.2, 0.25) is 0 Å². The van der Waals surface area contributed by atoms with E-state index in [1.54, 1.807) is 12.1 Å². The third kappa shape index (κ3) is 7.74. The number of allylic oxidation sites excluding steroid dienone is 1. The molecule has 168 valence electrons. The van der Waals surface area contributed by atoms with E-state index in [1.807, 2.05) is 26.1 Å². The Morgan fingerprint density at radius 2 is 1.65 bits per heavy atom. The predicted molar refractivity (Wildman–Crippen MR) is 116 cm³/mol. The highest BCUT2D eigenvalue weighted by Crippen LogP contribution is 2.30. The Balaban J connectivity index is 0.000000218. The van der Waals surface area contributed by atoms with E-state index in [-0.39, 0.29) is 18.6 Å². The minimum Gasteiger partial charge on any atom is -0.392 e. The standard InChI is InChI=1S/C15H11F2N.C7H13N.C2H3F3/c1-9-6-11-8-14(18-15(11)13(17)7-9)10-2-4-12(16)5-3-10;1-6(8-2)7-4-3-5-7;1-2(3,4)5/h2-8,18H,1H3;7-8H,1,3-5H2,2H3;1H3. The van der Waals surface area contributed by atoms with Crippen LogP contribution >= 0.6 is 0 Å². The van der Waals surface area contributed by atoms with Gasteiger partial charge in [-0.25, -0.2) is 8.78 Å². The average Bonchev–Trinajstić information content (AvgIpc) is 3.04.